The number of piperazine rings is 1. The van der Waals surface area contributed by atoms with Crippen LogP contribution in [0.5, 0.6) is 0 Å². The van der Waals surface area contributed by atoms with Crippen molar-refractivity contribution in [2.75, 3.05) is 52.4 Å². The quantitative estimate of drug-likeness (QED) is 0.216. The third-order valence-electron chi connectivity index (χ3n) is 5.06. The zero-order chi connectivity index (χ0) is 19.6. The minimum atomic E-state index is 0. The first-order valence-corrected chi connectivity index (χ1v) is 10.8. The maximum Gasteiger partial charge on any atom is 0.191 e. The molecule has 1 fully saturated rings. The molecule has 2 rings (SSSR count). The first-order valence-electron chi connectivity index (χ1n) is 10.0. The molecule has 1 aliphatic rings. The van der Waals surface area contributed by atoms with Crippen molar-refractivity contribution in [2.45, 2.75) is 33.2 Å². The fourth-order valence-corrected chi connectivity index (χ4v) is 3.65. The Hall–Kier alpha value is -0.220. The molecule has 1 saturated heterocycles. The lowest BCUT2D eigenvalue weighted by Gasteiger charge is -2.34. The number of rotatable bonds is 9. The van der Waals surface area contributed by atoms with Crippen molar-refractivity contribution < 1.29 is 0 Å². The second-order valence-corrected chi connectivity index (χ2v) is 7.70. The van der Waals surface area contributed by atoms with Crippen LogP contribution in [0.2, 0.25) is 10.2 Å². The molecular weight excluding hydrogens is 510 g/mol. The molecule has 2 heterocycles. The third kappa shape index (κ3) is 8.26. The van der Waals surface area contributed by atoms with E-state index in [4.69, 9.17) is 23.2 Å². The second-order valence-electron chi connectivity index (χ2n) is 6.94. The summed E-state index contributed by atoms with van der Waals surface area (Å²) in [7, 11) is 1.90. The highest BCUT2D eigenvalue weighted by Crippen LogP contribution is 2.25. The van der Waals surface area contributed by atoms with Gasteiger partial charge in [0, 0.05) is 52.0 Å². The van der Waals surface area contributed by atoms with Crippen molar-refractivity contribution in [3.8, 4) is 0 Å². The van der Waals surface area contributed by atoms with Gasteiger partial charge in [0.05, 0.1) is 11.6 Å². The van der Waals surface area contributed by atoms with E-state index in [2.05, 4.69) is 39.3 Å². The number of hydrogen-bond acceptors (Lipinski definition) is 3. The number of aromatic nitrogens is 1. The van der Waals surface area contributed by atoms with Gasteiger partial charge in [-0.05, 0) is 38.9 Å². The molecule has 28 heavy (non-hydrogen) atoms. The van der Waals surface area contributed by atoms with Crippen LogP contribution < -0.4 is 10.6 Å². The highest BCUT2D eigenvalue weighted by molar-refractivity contribution is 14.0. The van der Waals surface area contributed by atoms with Gasteiger partial charge in [-0.3, -0.25) is 0 Å². The molecule has 0 atom stereocenters. The number of hydrogen-bond donors (Lipinski definition) is 2. The summed E-state index contributed by atoms with van der Waals surface area (Å²) in [5.41, 5.74) is 0.994. The number of nitrogens with zero attached hydrogens (tertiary/aromatic N) is 4. The minimum Gasteiger partial charge on any atom is -0.357 e. The summed E-state index contributed by atoms with van der Waals surface area (Å²) in [6.07, 6.45) is 2.35. The summed E-state index contributed by atoms with van der Waals surface area (Å²) < 4.78 is 1.87. The molecule has 162 valence electrons. The Kier molecular flexibility index (Phi) is 12.8. The van der Waals surface area contributed by atoms with Gasteiger partial charge in [0.25, 0.3) is 0 Å². The molecule has 0 bridgehead atoms. The average molecular weight is 545 g/mol. The van der Waals surface area contributed by atoms with Gasteiger partial charge >= 0.3 is 0 Å². The predicted molar refractivity (Wildman–Crippen MR) is 131 cm³/mol. The summed E-state index contributed by atoms with van der Waals surface area (Å²) in [6, 6.07) is 1.87. The zero-order valence-corrected chi connectivity index (χ0v) is 21.2. The average Bonchev–Trinajstić information content (AvgIpc) is 2.93. The van der Waals surface area contributed by atoms with E-state index in [-0.39, 0.29) is 24.0 Å². The van der Waals surface area contributed by atoms with Crippen molar-refractivity contribution in [1.29, 1.82) is 0 Å². The van der Waals surface area contributed by atoms with E-state index in [1.54, 1.807) is 0 Å². The summed E-state index contributed by atoms with van der Waals surface area (Å²) in [6.45, 7) is 13.8. The first-order chi connectivity index (χ1) is 13.0. The van der Waals surface area contributed by atoms with Crippen molar-refractivity contribution in [2.24, 2.45) is 12.0 Å². The van der Waals surface area contributed by atoms with Crippen LogP contribution in [0.25, 0.3) is 0 Å². The van der Waals surface area contributed by atoms with E-state index >= 15 is 0 Å². The molecule has 0 aliphatic carbocycles. The Labute approximate surface area is 197 Å². The van der Waals surface area contributed by atoms with Crippen molar-refractivity contribution in [3.63, 3.8) is 0 Å². The lowest BCUT2D eigenvalue weighted by Crippen LogP contribution is -2.46. The van der Waals surface area contributed by atoms with Crippen LogP contribution in [0.3, 0.4) is 0 Å². The maximum absolute atomic E-state index is 6.12. The molecule has 9 heteroatoms. The van der Waals surface area contributed by atoms with Crippen LogP contribution in [-0.2, 0) is 13.6 Å². The Morgan fingerprint density at radius 2 is 1.75 bits per heavy atom. The maximum atomic E-state index is 6.12. The molecule has 6 nitrogen and oxygen atoms in total. The number of nitrogens with one attached hydrogen (secondary N) is 2. The molecule has 0 amide bonds. The lowest BCUT2D eigenvalue weighted by molar-refractivity contribution is 0.136. The molecule has 0 unspecified atom stereocenters. The normalized spacial score (nSPS) is 16.1. The second kappa shape index (κ2) is 13.9. The topological polar surface area (TPSA) is 47.8 Å². The van der Waals surface area contributed by atoms with Crippen LogP contribution in [0.1, 0.15) is 32.4 Å². The highest BCUT2D eigenvalue weighted by atomic mass is 127. The standard InChI is InChI=1S/C19H34Cl2N6.HI/c1-4-22-19(24-15-16-14-17(20)18(21)25(16)3)23-8-6-7-9-27-12-10-26(5-2)11-13-27;/h14H,4-13,15H2,1-3H3,(H2,22,23,24);1H. The fraction of sp³-hybridized carbons (Fsp3) is 0.737. The number of aliphatic imine (C=N–C) groups is 1. The van der Waals surface area contributed by atoms with Gasteiger partial charge in [-0.25, -0.2) is 4.99 Å². The molecular formula is C19H35Cl2IN6. The number of unbranched alkanes of at least 4 members (excludes halogenated alkanes) is 1. The monoisotopic (exact) mass is 544 g/mol. The molecule has 0 radical (unpaired) electrons. The van der Waals surface area contributed by atoms with Gasteiger partial charge in [-0.2, -0.15) is 0 Å². The molecule has 0 aromatic carbocycles. The molecule has 0 spiro atoms. The van der Waals surface area contributed by atoms with Crippen LogP contribution in [0.4, 0.5) is 0 Å². The van der Waals surface area contributed by atoms with Crippen LogP contribution in [0.15, 0.2) is 11.1 Å². The van der Waals surface area contributed by atoms with Crippen molar-refractivity contribution in [3.05, 3.63) is 21.9 Å². The summed E-state index contributed by atoms with van der Waals surface area (Å²) in [5.74, 6) is 0.836. The van der Waals surface area contributed by atoms with Crippen LogP contribution in [0, 0.1) is 0 Å². The molecule has 1 aliphatic heterocycles. The van der Waals surface area contributed by atoms with Gasteiger partial charge in [0.1, 0.15) is 5.15 Å². The summed E-state index contributed by atoms with van der Waals surface area (Å²) in [4.78, 5) is 9.74. The molecule has 1 aromatic rings. The van der Waals surface area contributed by atoms with Gasteiger partial charge in [-0.1, -0.05) is 30.1 Å². The Morgan fingerprint density at radius 3 is 2.32 bits per heavy atom. The molecule has 2 N–H and O–H groups in total. The Bertz CT molecular complexity index is 599. The summed E-state index contributed by atoms with van der Waals surface area (Å²) in [5, 5.41) is 7.84. The summed E-state index contributed by atoms with van der Waals surface area (Å²) >= 11 is 12.2. The van der Waals surface area contributed by atoms with Gasteiger partial charge < -0.3 is 25.0 Å². The lowest BCUT2D eigenvalue weighted by atomic mass is 10.2. The van der Waals surface area contributed by atoms with Crippen molar-refractivity contribution in [1.82, 2.24) is 25.0 Å². The van der Waals surface area contributed by atoms with E-state index in [1.165, 1.54) is 45.7 Å². The van der Waals surface area contributed by atoms with E-state index in [0.717, 1.165) is 31.2 Å². The number of halogens is 3. The van der Waals surface area contributed by atoms with Crippen LogP contribution in [-0.4, -0.2) is 72.7 Å². The Balaban J connectivity index is 0.00000392. The SMILES string of the molecule is CCNC(=NCc1cc(Cl)c(Cl)n1C)NCCCCN1CCN(CC)CC1.I. The molecule has 0 saturated carbocycles. The van der Waals surface area contributed by atoms with Gasteiger partial charge in [0.2, 0.25) is 0 Å². The van der Waals surface area contributed by atoms with Crippen molar-refractivity contribution >= 4 is 53.1 Å². The van der Waals surface area contributed by atoms with E-state index in [9.17, 15) is 0 Å². The number of likely N-dealkylation sites (N-methyl/N-ethyl adjacent to an activating group) is 1. The highest BCUT2D eigenvalue weighted by Gasteiger charge is 2.14. The van der Waals surface area contributed by atoms with E-state index in [0.29, 0.717) is 16.7 Å². The largest absolute Gasteiger partial charge is 0.357 e. The van der Waals surface area contributed by atoms with E-state index < -0.39 is 0 Å². The Morgan fingerprint density at radius 1 is 1.07 bits per heavy atom. The predicted octanol–water partition coefficient (Wildman–Crippen LogP) is 3.42. The van der Waals surface area contributed by atoms with E-state index in [1.807, 2.05) is 17.7 Å². The third-order valence-corrected chi connectivity index (χ3v) is 5.91. The molecule has 1 aromatic heterocycles. The van der Waals surface area contributed by atoms with Gasteiger partial charge in [0.15, 0.2) is 5.96 Å². The zero-order valence-electron chi connectivity index (χ0n) is 17.3. The first kappa shape index (κ1) is 25.8. The fourth-order valence-electron chi connectivity index (χ4n) is 3.24. The minimum absolute atomic E-state index is 0. The van der Waals surface area contributed by atoms with Crippen LogP contribution >= 0.6 is 47.2 Å². The number of guanidine groups is 1. The van der Waals surface area contributed by atoms with Gasteiger partial charge in [-0.15, -0.1) is 24.0 Å². The smallest absolute Gasteiger partial charge is 0.191 e.